The molecule has 0 fully saturated rings. The average Bonchev–Trinajstić information content (AvgIpc) is 2.38. The number of para-hydroxylation sites is 1. The molecule has 1 nitrogen and oxygen atoms in total. The predicted octanol–water partition coefficient (Wildman–Crippen LogP) is 3.91. The molecular formula is C15H14O. The third kappa shape index (κ3) is 2.51. The van der Waals surface area contributed by atoms with Crippen LogP contribution < -0.4 is 4.74 Å². The van der Waals surface area contributed by atoms with E-state index in [9.17, 15) is 0 Å². The first kappa shape index (κ1) is 10.5. The van der Waals surface area contributed by atoms with Crippen LogP contribution in [0.2, 0.25) is 0 Å². The van der Waals surface area contributed by atoms with Crippen molar-refractivity contribution < 1.29 is 4.74 Å². The maximum Gasteiger partial charge on any atom is 0.127 e. The maximum atomic E-state index is 5.74. The second kappa shape index (κ2) is 5.17. The van der Waals surface area contributed by atoms with E-state index in [1.54, 1.807) is 6.08 Å². The second-order valence-corrected chi connectivity index (χ2v) is 3.52. The van der Waals surface area contributed by atoms with E-state index in [4.69, 9.17) is 4.74 Å². The van der Waals surface area contributed by atoms with Gasteiger partial charge in [-0.1, -0.05) is 61.2 Å². The van der Waals surface area contributed by atoms with Crippen LogP contribution in [-0.4, -0.2) is 0 Å². The lowest BCUT2D eigenvalue weighted by Crippen LogP contribution is -1.96. The molecule has 1 heteroatoms. The Balaban J connectivity index is 2.08. The molecule has 2 aromatic rings. The Morgan fingerprint density at radius 3 is 2.38 bits per heavy atom. The summed E-state index contributed by atoms with van der Waals surface area (Å²) < 4.78 is 5.74. The number of rotatable bonds is 4. The van der Waals surface area contributed by atoms with Crippen LogP contribution in [0.5, 0.6) is 5.75 Å². The van der Waals surface area contributed by atoms with Gasteiger partial charge in [-0.05, 0) is 11.6 Å². The zero-order valence-electron chi connectivity index (χ0n) is 9.10. The summed E-state index contributed by atoms with van der Waals surface area (Å²) in [6.07, 6.45) is 1.81. The predicted molar refractivity (Wildman–Crippen MR) is 67.3 cm³/mol. The molecule has 0 amide bonds. The molecule has 0 N–H and O–H groups in total. The molecule has 0 aliphatic heterocycles. The van der Waals surface area contributed by atoms with Gasteiger partial charge in [0, 0.05) is 5.56 Å². The molecule has 0 aliphatic rings. The van der Waals surface area contributed by atoms with E-state index >= 15 is 0 Å². The van der Waals surface area contributed by atoms with Crippen molar-refractivity contribution in [2.75, 3.05) is 0 Å². The summed E-state index contributed by atoms with van der Waals surface area (Å²) in [5.41, 5.74) is 2.19. The molecule has 0 spiro atoms. The molecule has 0 atom stereocenters. The van der Waals surface area contributed by atoms with Gasteiger partial charge in [0.1, 0.15) is 12.4 Å². The molecule has 0 aromatic heterocycles. The SMILES string of the molecule is C=Cc1ccccc1OCc1ccccc1. The topological polar surface area (TPSA) is 9.23 Å². The highest BCUT2D eigenvalue weighted by Gasteiger charge is 1.99. The van der Waals surface area contributed by atoms with Crippen molar-refractivity contribution in [2.45, 2.75) is 6.61 Å². The number of hydrogen-bond donors (Lipinski definition) is 0. The van der Waals surface area contributed by atoms with Gasteiger partial charge in [0.2, 0.25) is 0 Å². The lowest BCUT2D eigenvalue weighted by Gasteiger charge is -2.08. The molecule has 2 rings (SSSR count). The van der Waals surface area contributed by atoms with Crippen molar-refractivity contribution in [2.24, 2.45) is 0 Å². The fourth-order valence-corrected chi connectivity index (χ4v) is 1.52. The first-order valence-corrected chi connectivity index (χ1v) is 5.28. The molecule has 2 aromatic carbocycles. The molecule has 0 saturated carbocycles. The van der Waals surface area contributed by atoms with E-state index in [1.807, 2.05) is 42.5 Å². The first-order valence-electron chi connectivity index (χ1n) is 5.28. The van der Waals surface area contributed by atoms with E-state index in [0.29, 0.717) is 6.61 Å². The highest BCUT2D eigenvalue weighted by molar-refractivity contribution is 5.55. The van der Waals surface area contributed by atoms with Crippen LogP contribution in [0.25, 0.3) is 6.08 Å². The van der Waals surface area contributed by atoms with Crippen molar-refractivity contribution in [1.29, 1.82) is 0 Å². The minimum Gasteiger partial charge on any atom is -0.488 e. The van der Waals surface area contributed by atoms with Gasteiger partial charge >= 0.3 is 0 Å². The van der Waals surface area contributed by atoms with E-state index in [2.05, 4.69) is 18.7 Å². The molecule has 0 radical (unpaired) electrons. The lowest BCUT2D eigenvalue weighted by molar-refractivity contribution is 0.305. The monoisotopic (exact) mass is 210 g/mol. The number of hydrogen-bond acceptors (Lipinski definition) is 1. The Hall–Kier alpha value is -2.02. The smallest absolute Gasteiger partial charge is 0.127 e. The largest absolute Gasteiger partial charge is 0.488 e. The highest BCUT2D eigenvalue weighted by atomic mass is 16.5. The zero-order valence-corrected chi connectivity index (χ0v) is 9.10. The van der Waals surface area contributed by atoms with Crippen molar-refractivity contribution in [3.63, 3.8) is 0 Å². The molecule has 0 saturated heterocycles. The summed E-state index contributed by atoms with van der Waals surface area (Å²) in [6.45, 7) is 4.36. The highest BCUT2D eigenvalue weighted by Crippen LogP contribution is 2.19. The van der Waals surface area contributed by atoms with Gasteiger partial charge in [-0.15, -0.1) is 0 Å². The van der Waals surface area contributed by atoms with Gasteiger partial charge in [0.15, 0.2) is 0 Å². The van der Waals surface area contributed by atoms with Crippen LogP contribution in [0, 0.1) is 0 Å². The minimum atomic E-state index is 0.589. The number of benzene rings is 2. The van der Waals surface area contributed by atoms with Gasteiger partial charge in [0.25, 0.3) is 0 Å². The zero-order chi connectivity index (χ0) is 11.2. The summed E-state index contributed by atoms with van der Waals surface area (Å²) in [6, 6.07) is 18.0. The molecule has 0 bridgehead atoms. The van der Waals surface area contributed by atoms with Gasteiger partial charge in [-0.25, -0.2) is 0 Å². The van der Waals surface area contributed by atoms with Crippen LogP contribution in [0.3, 0.4) is 0 Å². The average molecular weight is 210 g/mol. The van der Waals surface area contributed by atoms with Crippen molar-refractivity contribution >= 4 is 6.08 Å². The molecule has 0 unspecified atom stereocenters. The third-order valence-corrected chi connectivity index (χ3v) is 2.38. The first-order chi connectivity index (χ1) is 7.90. The Labute approximate surface area is 96.0 Å². The fourth-order valence-electron chi connectivity index (χ4n) is 1.52. The third-order valence-electron chi connectivity index (χ3n) is 2.38. The maximum absolute atomic E-state index is 5.74. The summed E-state index contributed by atoms with van der Waals surface area (Å²) in [5.74, 6) is 0.876. The van der Waals surface area contributed by atoms with Crippen LogP contribution in [0.15, 0.2) is 61.2 Å². The van der Waals surface area contributed by atoms with Crippen LogP contribution in [0.1, 0.15) is 11.1 Å². The van der Waals surface area contributed by atoms with Crippen molar-refractivity contribution in [1.82, 2.24) is 0 Å². The standard InChI is InChI=1S/C15H14O/c1-2-14-10-6-7-11-15(14)16-12-13-8-4-3-5-9-13/h2-11H,1,12H2. The Kier molecular flexibility index (Phi) is 3.39. The van der Waals surface area contributed by atoms with E-state index in [1.165, 1.54) is 5.56 Å². The van der Waals surface area contributed by atoms with Crippen LogP contribution in [-0.2, 0) is 6.61 Å². The van der Waals surface area contributed by atoms with E-state index < -0.39 is 0 Å². The second-order valence-electron chi connectivity index (χ2n) is 3.52. The van der Waals surface area contributed by atoms with Gasteiger partial charge < -0.3 is 4.74 Å². The summed E-state index contributed by atoms with van der Waals surface area (Å²) in [5, 5.41) is 0. The Morgan fingerprint density at radius 2 is 1.62 bits per heavy atom. The van der Waals surface area contributed by atoms with Crippen LogP contribution in [0.4, 0.5) is 0 Å². The molecule has 0 heterocycles. The minimum absolute atomic E-state index is 0.589. The lowest BCUT2D eigenvalue weighted by atomic mass is 10.2. The quantitative estimate of drug-likeness (QED) is 0.743. The van der Waals surface area contributed by atoms with E-state index in [-0.39, 0.29) is 0 Å². The fraction of sp³-hybridized carbons (Fsp3) is 0.0667. The van der Waals surface area contributed by atoms with Gasteiger partial charge in [0.05, 0.1) is 0 Å². The summed E-state index contributed by atoms with van der Waals surface area (Å²) in [4.78, 5) is 0. The number of ether oxygens (including phenoxy) is 1. The van der Waals surface area contributed by atoms with Gasteiger partial charge in [-0.3, -0.25) is 0 Å². The van der Waals surface area contributed by atoms with Crippen molar-refractivity contribution in [3.05, 3.63) is 72.3 Å². The normalized spacial score (nSPS) is 9.75. The molecular weight excluding hydrogens is 196 g/mol. The summed E-state index contributed by atoms with van der Waals surface area (Å²) in [7, 11) is 0. The molecule has 0 aliphatic carbocycles. The van der Waals surface area contributed by atoms with Crippen molar-refractivity contribution in [3.8, 4) is 5.75 Å². The Bertz CT molecular complexity index is 460. The molecule has 80 valence electrons. The van der Waals surface area contributed by atoms with Crippen LogP contribution >= 0.6 is 0 Å². The van der Waals surface area contributed by atoms with Gasteiger partial charge in [-0.2, -0.15) is 0 Å². The summed E-state index contributed by atoms with van der Waals surface area (Å²) >= 11 is 0. The molecule has 16 heavy (non-hydrogen) atoms. The Morgan fingerprint density at radius 1 is 0.938 bits per heavy atom. The van der Waals surface area contributed by atoms with E-state index in [0.717, 1.165) is 11.3 Å².